The minimum Gasteiger partial charge on any atom is -0.363 e. The number of hydrogen-bond acceptors (Lipinski definition) is 4. The summed E-state index contributed by atoms with van der Waals surface area (Å²) in [4.78, 5) is 8.43. The van der Waals surface area contributed by atoms with E-state index in [0.717, 1.165) is 26.2 Å². The predicted octanol–water partition coefficient (Wildman–Crippen LogP) is 2.87. The molecule has 1 N–H and O–H groups in total. The highest BCUT2D eigenvalue weighted by molar-refractivity contribution is 7.11. The first kappa shape index (κ1) is 12.6. The monoisotopic (exact) mass is 273 g/mol. The van der Waals surface area contributed by atoms with Crippen LogP contribution in [0.5, 0.6) is 0 Å². The minimum absolute atomic E-state index is 0.915. The van der Waals surface area contributed by atoms with Crippen molar-refractivity contribution in [3.63, 3.8) is 0 Å². The summed E-state index contributed by atoms with van der Waals surface area (Å²) in [6, 6.07) is 8.66. The van der Waals surface area contributed by atoms with Crippen LogP contribution in [0.3, 0.4) is 0 Å². The maximum absolute atomic E-state index is 4.66. The second kappa shape index (κ2) is 5.31. The largest absolute Gasteiger partial charge is 0.363 e. The van der Waals surface area contributed by atoms with Crippen molar-refractivity contribution in [3.8, 4) is 0 Å². The second-order valence-electron chi connectivity index (χ2n) is 4.98. The van der Waals surface area contributed by atoms with Crippen LogP contribution in [-0.2, 0) is 13.1 Å². The Labute approximate surface area is 118 Å². The standard InChI is InChI=1S/C15H19N3S/c1-11-12(2)19-15(17-11)10-18-8-7-16-9-13-5-3-4-6-14(13)18/h3-6,16H,7-10H2,1-2H3. The average molecular weight is 273 g/mol. The van der Waals surface area contributed by atoms with Crippen molar-refractivity contribution >= 4 is 17.0 Å². The highest BCUT2D eigenvalue weighted by atomic mass is 32.1. The van der Waals surface area contributed by atoms with Crippen LogP contribution < -0.4 is 10.2 Å². The number of fused-ring (bicyclic) bond motifs is 1. The topological polar surface area (TPSA) is 28.2 Å². The van der Waals surface area contributed by atoms with Gasteiger partial charge in [0.2, 0.25) is 0 Å². The fourth-order valence-corrected chi connectivity index (χ4v) is 3.41. The van der Waals surface area contributed by atoms with Gasteiger partial charge in [0.25, 0.3) is 0 Å². The zero-order chi connectivity index (χ0) is 13.2. The smallest absolute Gasteiger partial charge is 0.112 e. The first-order chi connectivity index (χ1) is 9.24. The van der Waals surface area contributed by atoms with Crippen LogP contribution in [0.25, 0.3) is 0 Å². The molecule has 0 aliphatic carbocycles. The molecular formula is C15H19N3S. The van der Waals surface area contributed by atoms with Crippen LogP contribution >= 0.6 is 11.3 Å². The summed E-state index contributed by atoms with van der Waals surface area (Å²) in [7, 11) is 0. The number of rotatable bonds is 2. The zero-order valence-corrected chi connectivity index (χ0v) is 12.3. The molecule has 0 saturated carbocycles. The van der Waals surface area contributed by atoms with Gasteiger partial charge in [-0.2, -0.15) is 0 Å². The Bertz CT molecular complexity index is 557. The Morgan fingerprint density at radius 1 is 1.32 bits per heavy atom. The van der Waals surface area contributed by atoms with Crippen LogP contribution in [-0.4, -0.2) is 18.1 Å². The van der Waals surface area contributed by atoms with E-state index in [1.54, 1.807) is 0 Å². The molecule has 1 aliphatic rings. The van der Waals surface area contributed by atoms with Crippen molar-refractivity contribution in [2.45, 2.75) is 26.9 Å². The van der Waals surface area contributed by atoms with Gasteiger partial charge in [-0.25, -0.2) is 4.98 Å². The van der Waals surface area contributed by atoms with Crippen molar-refractivity contribution in [2.75, 3.05) is 18.0 Å². The molecule has 0 saturated heterocycles. The second-order valence-corrected chi connectivity index (χ2v) is 6.26. The summed E-state index contributed by atoms with van der Waals surface area (Å²) < 4.78 is 0. The van der Waals surface area contributed by atoms with Gasteiger partial charge in [-0.3, -0.25) is 0 Å². The Morgan fingerprint density at radius 2 is 2.16 bits per heavy atom. The molecular weight excluding hydrogens is 254 g/mol. The molecule has 1 aliphatic heterocycles. The van der Waals surface area contributed by atoms with E-state index in [1.807, 2.05) is 11.3 Å². The lowest BCUT2D eigenvalue weighted by atomic mass is 10.1. The van der Waals surface area contributed by atoms with E-state index in [9.17, 15) is 0 Å². The van der Waals surface area contributed by atoms with E-state index < -0.39 is 0 Å². The van der Waals surface area contributed by atoms with E-state index in [4.69, 9.17) is 0 Å². The molecule has 2 heterocycles. The molecule has 3 nitrogen and oxygen atoms in total. The lowest BCUT2D eigenvalue weighted by Gasteiger charge is -2.23. The van der Waals surface area contributed by atoms with Crippen molar-refractivity contribution in [1.82, 2.24) is 10.3 Å². The number of anilines is 1. The highest BCUT2D eigenvalue weighted by Gasteiger charge is 2.16. The SMILES string of the molecule is Cc1nc(CN2CCNCc3ccccc32)sc1C. The van der Waals surface area contributed by atoms with E-state index in [0.29, 0.717) is 0 Å². The Hall–Kier alpha value is -1.39. The molecule has 1 aromatic carbocycles. The van der Waals surface area contributed by atoms with Gasteiger partial charge in [-0.1, -0.05) is 18.2 Å². The summed E-state index contributed by atoms with van der Waals surface area (Å²) in [6.45, 7) is 8.18. The van der Waals surface area contributed by atoms with Crippen LogP contribution in [0.2, 0.25) is 0 Å². The molecule has 0 amide bonds. The average Bonchev–Trinajstić information content (AvgIpc) is 2.62. The fourth-order valence-electron chi connectivity index (χ4n) is 2.46. The molecule has 4 heteroatoms. The van der Waals surface area contributed by atoms with Gasteiger partial charge in [-0.05, 0) is 25.5 Å². The molecule has 0 atom stereocenters. The Balaban J connectivity index is 1.88. The third kappa shape index (κ3) is 2.65. The molecule has 0 unspecified atom stereocenters. The quantitative estimate of drug-likeness (QED) is 0.912. The van der Waals surface area contributed by atoms with E-state index in [2.05, 4.69) is 53.3 Å². The first-order valence-electron chi connectivity index (χ1n) is 6.70. The van der Waals surface area contributed by atoms with Gasteiger partial charge >= 0.3 is 0 Å². The summed E-state index contributed by atoms with van der Waals surface area (Å²) in [6.07, 6.45) is 0. The van der Waals surface area contributed by atoms with Crippen LogP contribution in [0.15, 0.2) is 24.3 Å². The Kier molecular flexibility index (Phi) is 3.53. The van der Waals surface area contributed by atoms with Crippen molar-refractivity contribution in [1.29, 1.82) is 0 Å². The zero-order valence-electron chi connectivity index (χ0n) is 11.4. The molecule has 0 bridgehead atoms. The maximum Gasteiger partial charge on any atom is 0.112 e. The molecule has 3 rings (SSSR count). The van der Waals surface area contributed by atoms with Gasteiger partial charge in [0.1, 0.15) is 5.01 Å². The lowest BCUT2D eigenvalue weighted by Crippen LogP contribution is -2.28. The summed E-state index contributed by atoms with van der Waals surface area (Å²) in [5, 5.41) is 4.69. The summed E-state index contributed by atoms with van der Waals surface area (Å²) in [5.41, 5.74) is 3.89. The molecule has 100 valence electrons. The highest BCUT2D eigenvalue weighted by Crippen LogP contribution is 2.25. The van der Waals surface area contributed by atoms with Crippen LogP contribution in [0, 0.1) is 13.8 Å². The van der Waals surface area contributed by atoms with E-state index in [-0.39, 0.29) is 0 Å². The fraction of sp³-hybridized carbons (Fsp3) is 0.400. The third-order valence-electron chi connectivity index (χ3n) is 3.61. The van der Waals surface area contributed by atoms with Crippen molar-refractivity contribution in [2.24, 2.45) is 0 Å². The molecule has 1 aromatic heterocycles. The Morgan fingerprint density at radius 3 is 2.95 bits per heavy atom. The molecule has 0 fully saturated rings. The third-order valence-corrected chi connectivity index (χ3v) is 4.66. The minimum atomic E-state index is 0.915. The van der Waals surface area contributed by atoms with Gasteiger partial charge in [-0.15, -0.1) is 11.3 Å². The van der Waals surface area contributed by atoms with Gasteiger partial charge in [0.05, 0.1) is 12.2 Å². The number of benzene rings is 1. The predicted molar refractivity (Wildman–Crippen MR) is 80.8 cm³/mol. The molecule has 19 heavy (non-hydrogen) atoms. The van der Waals surface area contributed by atoms with Crippen LogP contribution in [0.1, 0.15) is 21.1 Å². The molecule has 0 radical (unpaired) electrons. The normalized spacial score (nSPS) is 15.2. The van der Waals surface area contributed by atoms with Crippen molar-refractivity contribution < 1.29 is 0 Å². The van der Waals surface area contributed by atoms with Crippen molar-refractivity contribution in [3.05, 3.63) is 45.4 Å². The number of aromatic nitrogens is 1. The number of hydrogen-bond donors (Lipinski definition) is 1. The maximum atomic E-state index is 4.66. The van der Waals surface area contributed by atoms with E-state index in [1.165, 1.54) is 26.8 Å². The molecule has 2 aromatic rings. The van der Waals surface area contributed by atoms with Gasteiger partial charge in [0.15, 0.2) is 0 Å². The molecule has 0 spiro atoms. The number of thiazole rings is 1. The summed E-state index contributed by atoms with van der Waals surface area (Å²) >= 11 is 1.82. The number of aryl methyl sites for hydroxylation is 2. The number of nitrogens with one attached hydrogen (secondary N) is 1. The first-order valence-corrected chi connectivity index (χ1v) is 7.52. The number of nitrogens with zero attached hydrogens (tertiary/aromatic N) is 2. The lowest BCUT2D eigenvalue weighted by molar-refractivity contribution is 0.687. The number of para-hydroxylation sites is 1. The van der Waals surface area contributed by atoms with Gasteiger partial charge < -0.3 is 10.2 Å². The van der Waals surface area contributed by atoms with Gasteiger partial charge in [0, 0.05) is 30.2 Å². The van der Waals surface area contributed by atoms with Crippen LogP contribution in [0.4, 0.5) is 5.69 Å². The van der Waals surface area contributed by atoms with E-state index >= 15 is 0 Å². The summed E-state index contributed by atoms with van der Waals surface area (Å²) in [5.74, 6) is 0.